The third kappa shape index (κ3) is 4.21. The Kier molecular flexibility index (Phi) is 5.38. The number of pyridine rings is 1. The molecule has 1 amide bonds. The summed E-state index contributed by atoms with van der Waals surface area (Å²) in [5.74, 6) is 0.177. The van der Waals surface area contributed by atoms with E-state index in [4.69, 9.17) is 16.6 Å². The minimum Gasteiger partial charge on any atom is -0.397 e. The van der Waals surface area contributed by atoms with Gasteiger partial charge in [0.05, 0.1) is 17.4 Å². The van der Waals surface area contributed by atoms with Crippen LogP contribution in [0.25, 0.3) is 0 Å². The molecule has 6 N–H and O–H groups in total. The summed E-state index contributed by atoms with van der Waals surface area (Å²) in [6.07, 6.45) is 3.27. The summed E-state index contributed by atoms with van der Waals surface area (Å²) < 4.78 is 0. The Morgan fingerprint density at radius 3 is 2.94 bits per heavy atom. The van der Waals surface area contributed by atoms with Crippen molar-refractivity contribution in [2.45, 2.75) is 19.8 Å². The Bertz CT molecular complexity index is 409. The van der Waals surface area contributed by atoms with Crippen LogP contribution in [0.5, 0.6) is 0 Å². The van der Waals surface area contributed by atoms with Crippen molar-refractivity contribution < 1.29 is 9.90 Å². The Morgan fingerprint density at radius 2 is 2.33 bits per heavy atom. The Labute approximate surface area is 106 Å². The lowest BCUT2D eigenvalue weighted by atomic mass is 10.1. The maximum absolute atomic E-state index is 11.2. The molecule has 0 aliphatic heterocycles. The maximum atomic E-state index is 11.2. The van der Waals surface area contributed by atoms with Crippen LogP contribution < -0.4 is 16.8 Å². The van der Waals surface area contributed by atoms with Crippen LogP contribution in [0.4, 0.5) is 11.5 Å². The van der Waals surface area contributed by atoms with Gasteiger partial charge in [-0.05, 0) is 24.8 Å². The van der Waals surface area contributed by atoms with Gasteiger partial charge in [-0.25, -0.2) is 4.98 Å². The molecule has 0 aromatic carbocycles. The lowest BCUT2D eigenvalue weighted by molar-refractivity contribution is 0.100. The summed E-state index contributed by atoms with van der Waals surface area (Å²) in [5.41, 5.74) is 11.5. The summed E-state index contributed by atoms with van der Waals surface area (Å²) in [5, 5.41) is 11.9. The van der Waals surface area contributed by atoms with Crippen molar-refractivity contribution in [1.82, 2.24) is 4.98 Å². The number of hydrogen-bond donors (Lipinski definition) is 4. The number of aliphatic hydroxyl groups is 1. The monoisotopic (exact) mass is 252 g/mol. The van der Waals surface area contributed by atoms with Gasteiger partial charge in [-0.15, -0.1) is 0 Å². The number of primary amides is 1. The van der Waals surface area contributed by atoms with Gasteiger partial charge in [0.1, 0.15) is 5.82 Å². The van der Waals surface area contributed by atoms with Crippen LogP contribution in [0, 0.1) is 5.92 Å². The zero-order valence-corrected chi connectivity index (χ0v) is 10.5. The van der Waals surface area contributed by atoms with Crippen LogP contribution in [0.3, 0.4) is 0 Å². The molecule has 0 spiro atoms. The predicted molar refractivity (Wildman–Crippen MR) is 71.1 cm³/mol. The number of nitrogens with one attached hydrogen (secondary N) is 1. The standard InChI is InChI=1S/C12H20N4O2/c1-8(7-17)3-2-4-15-12-10(11(14)18)5-9(13)6-16-12/h5-6,8,17H,2-4,7,13H2,1H3,(H2,14,18)(H,15,16). The summed E-state index contributed by atoms with van der Waals surface area (Å²) in [7, 11) is 0. The van der Waals surface area contributed by atoms with Crippen molar-refractivity contribution in [3.05, 3.63) is 17.8 Å². The molecule has 0 fully saturated rings. The van der Waals surface area contributed by atoms with E-state index in [0.29, 0.717) is 23.6 Å². The fourth-order valence-electron chi connectivity index (χ4n) is 1.56. The molecule has 0 aliphatic carbocycles. The molecule has 0 saturated heterocycles. The Hall–Kier alpha value is -1.82. The first-order valence-electron chi connectivity index (χ1n) is 5.94. The number of anilines is 2. The lowest BCUT2D eigenvalue weighted by Gasteiger charge is -2.11. The van der Waals surface area contributed by atoms with Crippen LogP contribution in [-0.2, 0) is 0 Å². The van der Waals surface area contributed by atoms with Gasteiger partial charge < -0.3 is 21.9 Å². The highest BCUT2D eigenvalue weighted by molar-refractivity contribution is 5.98. The van der Waals surface area contributed by atoms with Gasteiger partial charge in [-0.1, -0.05) is 6.92 Å². The third-order valence-electron chi connectivity index (χ3n) is 2.65. The maximum Gasteiger partial charge on any atom is 0.252 e. The van der Waals surface area contributed by atoms with E-state index in [1.165, 1.54) is 12.3 Å². The van der Waals surface area contributed by atoms with Crippen LogP contribution in [0.1, 0.15) is 30.1 Å². The number of amides is 1. The molecule has 1 heterocycles. The van der Waals surface area contributed by atoms with E-state index in [2.05, 4.69) is 10.3 Å². The normalized spacial score (nSPS) is 12.1. The highest BCUT2D eigenvalue weighted by Gasteiger charge is 2.09. The zero-order chi connectivity index (χ0) is 13.5. The quantitative estimate of drug-likeness (QED) is 0.530. The zero-order valence-electron chi connectivity index (χ0n) is 10.5. The average Bonchev–Trinajstić information content (AvgIpc) is 2.35. The van der Waals surface area contributed by atoms with Crippen LogP contribution in [-0.4, -0.2) is 29.1 Å². The minimum absolute atomic E-state index is 0.187. The van der Waals surface area contributed by atoms with Crippen LogP contribution >= 0.6 is 0 Å². The number of carbonyl (C=O) groups is 1. The highest BCUT2D eigenvalue weighted by atomic mass is 16.3. The molecular weight excluding hydrogens is 232 g/mol. The number of rotatable bonds is 7. The number of nitrogens with two attached hydrogens (primary N) is 2. The van der Waals surface area contributed by atoms with Gasteiger partial charge in [-0.2, -0.15) is 0 Å². The van der Waals surface area contributed by atoms with Crippen LogP contribution in [0.15, 0.2) is 12.3 Å². The largest absolute Gasteiger partial charge is 0.397 e. The van der Waals surface area contributed by atoms with Crippen molar-refractivity contribution in [1.29, 1.82) is 0 Å². The van der Waals surface area contributed by atoms with Crippen molar-refractivity contribution >= 4 is 17.4 Å². The second kappa shape index (κ2) is 6.80. The molecule has 0 radical (unpaired) electrons. The van der Waals surface area contributed by atoms with E-state index in [0.717, 1.165) is 12.8 Å². The number of carbonyl (C=O) groups excluding carboxylic acids is 1. The molecule has 0 saturated carbocycles. The molecule has 1 rings (SSSR count). The smallest absolute Gasteiger partial charge is 0.252 e. The minimum atomic E-state index is -0.555. The van der Waals surface area contributed by atoms with Gasteiger partial charge in [0, 0.05) is 13.2 Å². The second-order valence-corrected chi connectivity index (χ2v) is 4.39. The summed E-state index contributed by atoms with van der Waals surface area (Å²) in [6.45, 7) is 2.84. The fraction of sp³-hybridized carbons (Fsp3) is 0.500. The van der Waals surface area contributed by atoms with E-state index in [1.807, 2.05) is 6.92 Å². The second-order valence-electron chi connectivity index (χ2n) is 4.39. The average molecular weight is 252 g/mol. The molecule has 1 atom stereocenters. The van der Waals surface area contributed by atoms with E-state index < -0.39 is 5.91 Å². The van der Waals surface area contributed by atoms with Gasteiger partial charge >= 0.3 is 0 Å². The molecular formula is C12H20N4O2. The first-order chi connectivity index (χ1) is 8.54. The molecule has 6 heteroatoms. The number of nitrogen functional groups attached to an aromatic ring is 1. The van der Waals surface area contributed by atoms with E-state index >= 15 is 0 Å². The number of aromatic nitrogens is 1. The van der Waals surface area contributed by atoms with Gasteiger partial charge in [0.25, 0.3) is 5.91 Å². The first-order valence-corrected chi connectivity index (χ1v) is 5.94. The molecule has 0 aliphatic rings. The third-order valence-corrected chi connectivity index (χ3v) is 2.65. The molecule has 18 heavy (non-hydrogen) atoms. The number of nitrogens with zero attached hydrogens (tertiary/aromatic N) is 1. The van der Waals surface area contributed by atoms with Gasteiger partial charge in [0.2, 0.25) is 0 Å². The summed E-state index contributed by atoms with van der Waals surface area (Å²) in [6, 6.07) is 1.51. The molecule has 1 unspecified atom stereocenters. The van der Waals surface area contributed by atoms with E-state index in [1.54, 1.807) is 0 Å². The highest BCUT2D eigenvalue weighted by Crippen LogP contribution is 2.15. The number of aliphatic hydroxyl groups excluding tert-OH is 1. The summed E-state index contributed by atoms with van der Waals surface area (Å²) >= 11 is 0. The van der Waals surface area contributed by atoms with Gasteiger partial charge in [0.15, 0.2) is 0 Å². The van der Waals surface area contributed by atoms with Crippen molar-refractivity contribution in [2.24, 2.45) is 11.7 Å². The molecule has 1 aromatic rings. The van der Waals surface area contributed by atoms with Crippen LogP contribution in [0.2, 0.25) is 0 Å². The SMILES string of the molecule is CC(CO)CCCNc1ncc(N)cc1C(N)=O. The van der Waals surface area contributed by atoms with Crippen molar-refractivity contribution in [2.75, 3.05) is 24.2 Å². The molecule has 1 aromatic heterocycles. The van der Waals surface area contributed by atoms with Crippen molar-refractivity contribution in [3.63, 3.8) is 0 Å². The Morgan fingerprint density at radius 1 is 1.61 bits per heavy atom. The fourth-order valence-corrected chi connectivity index (χ4v) is 1.56. The molecule has 100 valence electrons. The van der Waals surface area contributed by atoms with E-state index in [9.17, 15) is 4.79 Å². The predicted octanol–water partition coefficient (Wildman–Crippen LogP) is 0.583. The molecule has 0 bridgehead atoms. The first kappa shape index (κ1) is 14.2. The van der Waals surface area contributed by atoms with Crippen molar-refractivity contribution in [3.8, 4) is 0 Å². The topological polar surface area (TPSA) is 114 Å². The Balaban J connectivity index is 2.54. The lowest BCUT2D eigenvalue weighted by Crippen LogP contribution is -2.17. The number of hydrogen-bond acceptors (Lipinski definition) is 5. The molecule has 6 nitrogen and oxygen atoms in total. The van der Waals surface area contributed by atoms with E-state index in [-0.39, 0.29) is 12.5 Å². The van der Waals surface area contributed by atoms with Gasteiger partial charge in [-0.3, -0.25) is 4.79 Å². The summed E-state index contributed by atoms with van der Waals surface area (Å²) in [4.78, 5) is 15.3.